The van der Waals surface area contributed by atoms with Gasteiger partial charge in [0.05, 0.1) is 18.0 Å². The van der Waals surface area contributed by atoms with Gasteiger partial charge in [0.1, 0.15) is 0 Å². The summed E-state index contributed by atoms with van der Waals surface area (Å²) in [7, 11) is -2.01. The van der Waals surface area contributed by atoms with Crippen LogP contribution in [0.3, 0.4) is 0 Å². The van der Waals surface area contributed by atoms with Gasteiger partial charge in [0, 0.05) is 44.9 Å². The zero-order valence-electron chi connectivity index (χ0n) is 18.6. The Bertz CT molecular complexity index is 832. The van der Waals surface area contributed by atoms with Crippen molar-refractivity contribution < 1.29 is 13.2 Å². The summed E-state index contributed by atoms with van der Waals surface area (Å²) in [6, 6.07) is 8.68. The molecule has 0 bridgehead atoms. The van der Waals surface area contributed by atoms with Gasteiger partial charge in [-0.3, -0.25) is 4.90 Å². The van der Waals surface area contributed by atoms with Crippen LogP contribution >= 0.6 is 24.0 Å². The molecule has 2 aliphatic rings. The van der Waals surface area contributed by atoms with Crippen molar-refractivity contribution in [1.29, 1.82) is 0 Å². The lowest BCUT2D eigenvalue weighted by Crippen LogP contribution is -2.44. The first-order valence-electron chi connectivity index (χ1n) is 10.8. The average molecular weight is 566 g/mol. The van der Waals surface area contributed by atoms with E-state index in [9.17, 15) is 8.42 Å². The lowest BCUT2D eigenvalue weighted by molar-refractivity contribution is 0.204. The zero-order chi connectivity index (χ0) is 21.6. The van der Waals surface area contributed by atoms with Gasteiger partial charge in [-0.2, -0.15) is 0 Å². The first-order valence-corrected chi connectivity index (χ1v) is 12.3. The number of rotatable bonds is 10. The molecule has 1 aromatic rings. The van der Waals surface area contributed by atoms with E-state index in [1.54, 1.807) is 25.3 Å². The molecular formula is C21H36IN5O3S. The number of aliphatic imine (C=N–C) groups is 1. The Morgan fingerprint density at radius 2 is 2.10 bits per heavy atom. The molecule has 3 N–H and O–H groups in total. The summed E-state index contributed by atoms with van der Waals surface area (Å²) in [6.45, 7) is 7.16. The standard InChI is InChI=1S/C21H35N5O3S.HI/c1-4-22-21(25-18-12-16(2)26(15-18)19-8-9-19)23-14-17-6-5-7-20(13-17)30(27,28)24-10-11-29-3;/h5-7,13,16,18-19,24H,4,8-12,14-15H2,1-3H3,(H2,22,23,25);1H. The van der Waals surface area contributed by atoms with Crippen LogP contribution < -0.4 is 15.4 Å². The van der Waals surface area contributed by atoms with Gasteiger partial charge in [-0.15, -0.1) is 24.0 Å². The topological polar surface area (TPSA) is 95.1 Å². The van der Waals surface area contributed by atoms with Crippen molar-refractivity contribution in [2.75, 3.05) is 33.4 Å². The molecule has 1 aromatic carbocycles. The number of hydrogen-bond acceptors (Lipinski definition) is 5. The van der Waals surface area contributed by atoms with Gasteiger partial charge in [-0.05, 0) is 50.8 Å². The van der Waals surface area contributed by atoms with E-state index in [0.717, 1.165) is 37.1 Å². The molecule has 1 saturated carbocycles. The van der Waals surface area contributed by atoms with Crippen molar-refractivity contribution in [3.05, 3.63) is 29.8 Å². The Morgan fingerprint density at radius 1 is 1.32 bits per heavy atom. The van der Waals surface area contributed by atoms with Gasteiger partial charge >= 0.3 is 0 Å². The molecule has 8 nitrogen and oxygen atoms in total. The lowest BCUT2D eigenvalue weighted by Gasteiger charge is -2.20. The van der Waals surface area contributed by atoms with Crippen LogP contribution in [0.4, 0.5) is 0 Å². The minimum absolute atomic E-state index is 0. The maximum atomic E-state index is 12.4. The molecule has 0 radical (unpaired) electrons. The minimum Gasteiger partial charge on any atom is -0.383 e. The van der Waals surface area contributed by atoms with Crippen molar-refractivity contribution in [1.82, 2.24) is 20.3 Å². The molecule has 1 aliphatic carbocycles. The molecule has 31 heavy (non-hydrogen) atoms. The van der Waals surface area contributed by atoms with Crippen LogP contribution in [0.15, 0.2) is 34.2 Å². The Labute approximate surface area is 203 Å². The zero-order valence-corrected chi connectivity index (χ0v) is 21.8. The number of nitrogens with zero attached hydrogens (tertiary/aromatic N) is 2. The van der Waals surface area contributed by atoms with E-state index in [0.29, 0.717) is 25.2 Å². The minimum atomic E-state index is -3.55. The highest BCUT2D eigenvalue weighted by Gasteiger charge is 2.38. The van der Waals surface area contributed by atoms with E-state index in [-0.39, 0.29) is 35.4 Å². The van der Waals surface area contributed by atoms with Crippen LogP contribution in [-0.2, 0) is 21.3 Å². The van der Waals surface area contributed by atoms with Gasteiger partial charge in [-0.1, -0.05) is 12.1 Å². The number of hydrogen-bond donors (Lipinski definition) is 3. The smallest absolute Gasteiger partial charge is 0.240 e. The highest BCUT2D eigenvalue weighted by molar-refractivity contribution is 14.0. The van der Waals surface area contributed by atoms with Crippen molar-refractivity contribution >= 4 is 40.0 Å². The fraction of sp³-hybridized carbons (Fsp3) is 0.667. The first-order chi connectivity index (χ1) is 14.4. The predicted molar refractivity (Wildman–Crippen MR) is 134 cm³/mol. The molecule has 10 heteroatoms. The van der Waals surface area contributed by atoms with Gasteiger partial charge < -0.3 is 15.4 Å². The number of nitrogens with one attached hydrogen (secondary N) is 3. The van der Waals surface area contributed by atoms with Crippen molar-refractivity contribution in [3.8, 4) is 0 Å². The van der Waals surface area contributed by atoms with Gasteiger partial charge in [-0.25, -0.2) is 18.1 Å². The number of benzene rings is 1. The third kappa shape index (κ3) is 7.85. The summed E-state index contributed by atoms with van der Waals surface area (Å²) in [5, 5.41) is 6.87. The Hall–Kier alpha value is -0.950. The molecule has 1 aliphatic heterocycles. The largest absolute Gasteiger partial charge is 0.383 e. The molecular weight excluding hydrogens is 529 g/mol. The van der Waals surface area contributed by atoms with Crippen LogP contribution in [0.5, 0.6) is 0 Å². The highest BCUT2D eigenvalue weighted by Crippen LogP contribution is 2.33. The molecule has 0 spiro atoms. The normalized spacial score (nSPS) is 22.2. The Morgan fingerprint density at radius 3 is 2.77 bits per heavy atom. The van der Waals surface area contributed by atoms with E-state index < -0.39 is 10.0 Å². The predicted octanol–water partition coefficient (Wildman–Crippen LogP) is 1.91. The number of ether oxygens (including phenoxy) is 1. The lowest BCUT2D eigenvalue weighted by atomic mass is 10.2. The second kappa shape index (κ2) is 12.3. The number of likely N-dealkylation sites (tertiary alicyclic amines) is 1. The van der Waals surface area contributed by atoms with Crippen LogP contribution in [0.1, 0.15) is 38.7 Å². The molecule has 2 fully saturated rings. The van der Waals surface area contributed by atoms with Gasteiger partial charge in [0.2, 0.25) is 10.0 Å². The van der Waals surface area contributed by atoms with Crippen LogP contribution in [0, 0.1) is 0 Å². The molecule has 2 atom stereocenters. The summed E-state index contributed by atoms with van der Waals surface area (Å²) < 4.78 is 32.3. The highest BCUT2D eigenvalue weighted by atomic mass is 127. The molecule has 1 heterocycles. The summed E-state index contributed by atoms with van der Waals surface area (Å²) in [5.74, 6) is 0.777. The molecule has 2 unspecified atom stereocenters. The van der Waals surface area contributed by atoms with Gasteiger partial charge in [0.25, 0.3) is 0 Å². The molecule has 3 rings (SSSR count). The Balaban J connectivity index is 0.00000341. The molecule has 176 valence electrons. The maximum absolute atomic E-state index is 12.4. The van der Waals surface area contributed by atoms with E-state index in [1.165, 1.54) is 12.8 Å². The number of halogens is 1. The third-order valence-corrected chi connectivity index (χ3v) is 7.01. The summed E-state index contributed by atoms with van der Waals surface area (Å²) in [6.07, 6.45) is 3.76. The molecule has 0 amide bonds. The van der Waals surface area contributed by atoms with Crippen molar-refractivity contribution in [2.24, 2.45) is 4.99 Å². The van der Waals surface area contributed by atoms with Crippen molar-refractivity contribution in [3.63, 3.8) is 0 Å². The fourth-order valence-corrected chi connectivity index (χ4v) is 5.01. The van der Waals surface area contributed by atoms with Crippen LogP contribution in [0.25, 0.3) is 0 Å². The number of guanidine groups is 1. The fourth-order valence-electron chi connectivity index (χ4n) is 3.93. The molecule has 0 aromatic heterocycles. The Kier molecular flexibility index (Phi) is 10.5. The second-order valence-electron chi connectivity index (χ2n) is 8.09. The van der Waals surface area contributed by atoms with Crippen LogP contribution in [0.2, 0.25) is 0 Å². The monoisotopic (exact) mass is 565 g/mol. The SMILES string of the molecule is CCNC(=NCc1cccc(S(=O)(=O)NCCOC)c1)NC1CC(C)N(C2CC2)C1.I. The van der Waals surface area contributed by atoms with E-state index in [2.05, 4.69) is 27.2 Å². The summed E-state index contributed by atoms with van der Waals surface area (Å²) in [5.41, 5.74) is 0.848. The third-order valence-electron chi connectivity index (χ3n) is 5.55. The first kappa shape index (κ1) is 26.3. The van der Waals surface area contributed by atoms with Gasteiger partial charge in [0.15, 0.2) is 5.96 Å². The summed E-state index contributed by atoms with van der Waals surface area (Å²) in [4.78, 5) is 7.54. The van der Waals surface area contributed by atoms with E-state index >= 15 is 0 Å². The van der Waals surface area contributed by atoms with Crippen LogP contribution in [-0.4, -0.2) is 70.8 Å². The quantitative estimate of drug-likeness (QED) is 0.174. The van der Waals surface area contributed by atoms with E-state index in [4.69, 9.17) is 9.73 Å². The van der Waals surface area contributed by atoms with E-state index in [1.807, 2.05) is 13.0 Å². The number of sulfonamides is 1. The summed E-state index contributed by atoms with van der Waals surface area (Å²) >= 11 is 0. The second-order valence-corrected chi connectivity index (χ2v) is 9.85. The number of methoxy groups -OCH3 is 1. The average Bonchev–Trinajstić information content (AvgIpc) is 3.49. The maximum Gasteiger partial charge on any atom is 0.240 e. The van der Waals surface area contributed by atoms with Crippen molar-refractivity contribution in [2.45, 2.75) is 62.7 Å². The molecule has 1 saturated heterocycles.